The molecule has 0 saturated carbocycles. The fourth-order valence-corrected chi connectivity index (χ4v) is 3.73. The third kappa shape index (κ3) is 2.33. The fraction of sp³-hybridized carbons (Fsp3) is 0.667. The molecule has 6 nitrogen and oxygen atoms in total. The van der Waals surface area contributed by atoms with E-state index in [-0.39, 0.29) is 16.7 Å². The number of piperidine rings is 1. The van der Waals surface area contributed by atoms with Crippen LogP contribution in [0, 0.1) is 0 Å². The molecule has 1 atom stereocenters. The minimum atomic E-state index is -3.70. The molecule has 1 aliphatic heterocycles. The van der Waals surface area contributed by atoms with Crippen LogP contribution in [0.4, 0.5) is 0 Å². The molecule has 2 rings (SSSR count). The second-order valence-corrected chi connectivity index (χ2v) is 6.32. The maximum absolute atomic E-state index is 12.2. The van der Waals surface area contributed by atoms with Gasteiger partial charge in [-0.3, -0.25) is 0 Å². The maximum Gasteiger partial charge on any atom is 0.263 e. The topological polar surface area (TPSA) is 75.4 Å². The lowest BCUT2D eigenvalue weighted by atomic mass is 10.1. The molecule has 1 aromatic heterocycles. The highest BCUT2D eigenvalue weighted by atomic mass is 35.5. The number of aliphatic hydroxyl groups is 1. The van der Waals surface area contributed by atoms with Gasteiger partial charge in [-0.05, 0) is 12.8 Å². The van der Waals surface area contributed by atoms with Crippen LogP contribution in [0.2, 0.25) is 5.15 Å². The fourth-order valence-electron chi connectivity index (χ4n) is 1.83. The number of halogens is 1. The number of nitrogens with zero attached hydrogens (tertiary/aromatic N) is 3. The van der Waals surface area contributed by atoms with Crippen molar-refractivity contribution >= 4 is 21.6 Å². The van der Waals surface area contributed by atoms with Crippen molar-refractivity contribution in [3.05, 3.63) is 11.5 Å². The SMILES string of the molecule is Cn1cnc(S(=O)(=O)N2CCC[C@H](O)C2)c1Cl. The standard InChI is InChI=1S/C9H14ClN3O3S/c1-12-6-11-9(8(12)10)17(15,16)13-4-2-3-7(14)5-13/h6-7,14H,2-5H2,1H3/t7-/m0/s1. The van der Waals surface area contributed by atoms with Gasteiger partial charge >= 0.3 is 0 Å². The van der Waals surface area contributed by atoms with E-state index in [0.29, 0.717) is 19.4 Å². The van der Waals surface area contributed by atoms with Crippen molar-refractivity contribution in [1.82, 2.24) is 13.9 Å². The van der Waals surface area contributed by atoms with E-state index in [1.54, 1.807) is 7.05 Å². The lowest BCUT2D eigenvalue weighted by Gasteiger charge is -2.28. The Morgan fingerprint density at radius 3 is 2.82 bits per heavy atom. The predicted molar refractivity (Wildman–Crippen MR) is 62.2 cm³/mol. The molecule has 2 heterocycles. The van der Waals surface area contributed by atoms with Crippen molar-refractivity contribution in [3.63, 3.8) is 0 Å². The number of aryl methyl sites for hydroxylation is 1. The van der Waals surface area contributed by atoms with E-state index < -0.39 is 16.1 Å². The quantitative estimate of drug-likeness (QED) is 0.840. The summed E-state index contributed by atoms with van der Waals surface area (Å²) in [5.74, 6) is 0. The third-order valence-electron chi connectivity index (χ3n) is 2.78. The lowest BCUT2D eigenvalue weighted by molar-refractivity contribution is 0.108. The summed E-state index contributed by atoms with van der Waals surface area (Å²) >= 11 is 5.88. The molecule has 0 bridgehead atoms. The summed E-state index contributed by atoms with van der Waals surface area (Å²) in [4.78, 5) is 3.81. The predicted octanol–water partition coefficient (Wildman–Crippen LogP) is 0.219. The molecule has 1 aromatic rings. The zero-order valence-corrected chi connectivity index (χ0v) is 10.9. The molecule has 0 unspecified atom stereocenters. The van der Waals surface area contributed by atoms with Crippen LogP contribution in [-0.2, 0) is 17.1 Å². The summed E-state index contributed by atoms with van der Waals surface area (Å²) in [6.45, 7) is 0.502. The molecule has 1 saturated heterocycles. The first-order chi connectivity index (χ1) is 7.93. The van der Waals surface area contributed by atoms with Gasteiger partial charge in [0.15, 0.2) is 0 Å². The maximum atomic E-state index is 12.2. The summed E-state index contributed by atoms with van der Waals surface area (Å²) in [7, 11) is -2.07. The summed E-state index contributed by atoms with van der Waals surface area (Å²) < 4.78 is 27.1. The first-order valence-electron chi connectivity index (χ1n) is 5.28. The van der Waals surface area contributed by atoms with Crippen LogP contribution in [0.1, 0.15) is 12.8 Å². The van der Waals surface area contributed by atoms with Gasteiger partial charge in [0.25, 0.3) is 10.0 Å². The van der Waals surface area contributed by atoms with Crippen molar-refractivity contribution in [2.45, 2.75) is 24.0 Å². The Balaban J connectivity index is 2.33. The van der Waals surface area contributed by atoms with Crippen molar-refractivity contribution in [3.8, 4) is 0 Å². The van der Waals surface area contributed by atoms with Crippen LogP contribution in [0.5, 0.6) is 0 Å². The van der Waals surface area contributed by atoms with Gasteiger partial charge in [0, 0.05) is 20.1 Å². The van der Waals surface area contributed by atoms with E-state index in [1.807, 2.05) is 0 Å². The van der Waals surface area contributed by atoms with Gasteiger partial charge in [0.2, 0.25) is 5.03 Å². The average Bonchev–Trinajstić information content (AvgIpc) is 2.60. The van der Waals surface area contributed by atoms with E-state index in [1.165, 1.54) is 15.2 Å². The Labute approximate surface area is 105 Å². The Morgan fingerprint density at radius 1 is 1.59 bits per heavy atom. The van der Waals surface area contributed by atoms with Crippen LogP contribution < -0.4 is 0 Å². The van der Waals surface area contributed by atoms with Gasteiger partial charge < -0.3 is 9.67 Å². The van der Waals surface area contributed by atoms with E-state index in [9.17, 15) is 13.5 Å². The first-order valence-corrected chi connectivity index (χ1v) is 7.10. The van der Waals surface area contributed by atoms with Crippen LogP contribution >= 0.6 is 11.6 Å². The van der Waals surface area contributed by atoms with Crippen molar-refractivity contribution in [2.24, 2.45) is 7.05 Å². The van der Waals surface area contributed by atoms with E-state index in [0.717, 1.165) is 0 Å². The molecule has 0 radical (unpaired) electrons. The zero-order valence-electron chi connectivity index (χ0n) is 9.37. The monoisotopic (exact) mass is 279 g/mol. The van der Waals surface area contributed by atoms with E-state index in [4.69, 9.17) is 11.6 Å². The highest BCUT2D eigenvalue weighted by molar-refractivity contribution is 7.89. The molecule has 0 amide bonds. The van der Waals surface area contributed by atoms with Gasteiger partial charge in [0.1, 0.15) is 5.15 Å². The van der Waals surface area contributed by atoms with E-state index in [2.05, 4.69) is 4.98 Å². The molecule has 96 valence electrons. The molecular formula is C9H14ClN3O3S. The number of aromatic nitrogens is 2. The van der Waals surface area contributed by atoms with Crippen LogP contribution in [0.15, 0.2) is 11.4 Å². The second kappa shape index (κ2) is 4.56. The summed E-state index contributed by atoms with van der Waals surface area (Å²) in [5, 5.41) is 9.44. The number of hydrogen-bond acceptors (Lipinski definition) is 4. The number of aliphatic hydroxyl groups excluding tert-OH is 1. The van der Waals surface area contributed by atoms with Gasteiger partial charge in [0.05, 0.1) is 12.4 Å². The molecular weight excluding hydrogens is 266 g/mol. The van der Waals surface area contributed by atoms with Gasteiger partial charge in [-0.15, -0.1) is 0 Å². The Bertz CT molecular complexity index is 514. The molecule has 1 N–H and O–H groups in total. The lowest BCUT2D eigenvalue weighted by Crippen LogP contribution is -2.42. The number of β-amino-alcohol motifs (C(OH)–C–C–N with tert-alkyl or cyclic N) is 1. The molecule has 8 heteroatoms. The molecule has 0 aromatic carbocycles. The van der Waals surface area contributed by atoms with Crippen molar-refractivity contribution in [1.29, 1.82) is 0 Å². The zero-order chi connectivity index (χ0) is 12.6. The Kier molecular flexibility index (Phi) is 3.44. The summed E-state index contributed by atoms with van der Waals surface area (Å²) in [6.07, 6.45) is 2.02. The third-order valence-corrected chi connectivity index (χ3v) is 5.13. The first kappa shape index (κ1) is 12.8. The van der Waals surface area contributed by atoms with Gasteiger partial charge in [-0.25, -0.2) is 13.4 Å². The minimum Gasteiger partial charge on any atom is -0.392 e. The molecule has 1 aliphatic rings. The van der Waals surface area contributed by atoms with Gasteiger partial charge in [-0.2, -0.15) is 4.31 Å². The van der Waals surface area contributed by atoms with Crippen LogP contribution in [0.3, 0.4) is 0 Å². The normalized spacial score (nSPS) is 22.9. The minimum absolute atomic E-state index is 0.0880. The number of hydrogen-bond donors (Lipinski definition) is 1. The summed E-state index contributed by atoms with van der Waals surface area (Å²) in [5.41, 5.74) is 0. The number of sulfonamides is 1. The highest BCUT2D eigenvalue weighted by Crippen LogP contribution is 2.24. The molecule has 17 heavy (non-hydrogen) atoms. The largest absolute Gasteiger partial charge is 0.392 e. The Morgan fingerprint density at radius 2 is 2.29 bits per heavy atom. The van der Waals surface area contributed by atoms with Crippen molar-refractivity contribution in [2.75, 3.05) is 13.1 Å². The number of imidazole rings is 1. The second-order valence-electron chi connectivity index (χ2n) is 4.11. The molecule has 0 aliphatic carbocycles. The van der Waals surface area contributed by atoms with E-state index >= 15 is 0 Å². The number of rotatable bonds is 2. The Hall–Kier alpha value is -0.630. The van der Waals surface area contributed by atoms with Crippen LogP contribution in [-0.4, -0.2) is 46.6 Å². The van der Waals surface area contributed by atoms with Crippen LogP contribution in [0.25, 0.3) is 0 Å². The average molecular weight is 280 g/mol. The molecule has 1 fully saturated rings. The van der Waals surface area contributed by atoms with Crippen molar-refractivity contribution < 1.29 is 13.5 Å². The van der Waals surface area contributed by atoms with Gasteiger partial charge in [-0.1, -0.05) is 11.6 Å². The highest BCUT2D eigenvalue weighted by Gasteiger charge is 2.33. The molecule has 0 spiro atoms. The summed E-state index contributed by atoms with van der Waals surface area (Å²) in [6, 6.07) is 0. The smallest absolute Gasteiger partial charge is 0.263 e.